The topological polar surface area (TPSA) is 102 Å². The molecule has 10 heteroatoms. The number of carbonyl (C=O) groups is 2. The molecule has 0 atom stereocenters. The van der Waals surface area contributed by atoms with E-state index < -0.39 is 16.7 Å². The van der Waals surface area contributed by atoms with E-state index in [1.165, 1.54) is 31.4 Å². The number of benzene rings is 2. The lowest BCUT2D eigenvalue weighted by Gasteiger charge is -2.15. The Morgan fingerprint density at radius 3 is 2.43 bits per heavy atom. The number of non-ortho nitro benzene ring substituents is 1. The minimum atomic E-state index is -0.502. The average molecular weight is 415 g/mol. The Balaban J connectivity index is 1.73. The average Bonchev–Trinajstić information content (AvgIpc) is 2.95. The van der Waals surface area contributed by atoms with Crippen LogP contribution in [0.2, 0.25) is 0 Å². The summed E-state index contributed by atoms with van der Waals surface area (Å²) < 4.78 is 5.22. The zero-order valence-corrected chi connectivity index (χ0v) is 16.1. The van der Waals surface area contributed by atoms with Gasteiger partial charge in [-0.05, 0) is 60.3 Å². The number of nitrogens with one attached hydrogen (secondary N) is 1. The third-order valence-corrected chi connectivity index (χ3v) is 5.06. The van der Waals surface area contributed by atoms with Gasteiger partial charge >= 0.3 is 0 Å². The summed E-state index contributed by atoms with van der Waals surface area (Å²) in [7, 11) is 1.52. The molecule has 1 heterocycles. The van der Waals surface area contributed by atoms with E-state index in [2.05, 4.69) is 5.43 Å². The number of hydrazine groups is 1. The van der Waals surface area contributed by atoms with Gasteiger partial charge in [-0.25, -0.2) is 0 Å². The second kappa shape index (κ2) is 8.19. The summed E-state index contributed by atoms with van der Waals surface area (Å²) >= 11 is 6.21. The molecule has 1 fully saturated rings. The maximum Gasteiger partial charge on any atom is 0.285 e. The second-order valence-corrected chi connectivity index (χ2v) is 7.21. The Kier molecular flexibility index (Phi) is 5.71. The largest absolute Gasteiger partial charge is 0.497 e. The summed E-state index contributed by atoms with van der Waals surface area (Å²) in [6, 6.07) is 12.1. The summed E-state index contributed by atoms with van der Waals surface area (Å²) in [4.78, 5) is 35.4. The van der Waals surface area contributed by atoms with E-state index >= 15 is 0 Å². The van der Waals surface area contributed by atoms with Crippen LogP contribution in [0.1, 0.15) is 15.9 Å². The third kappa shape index (κ3) is 4.18. The molecule has 0 bridgehead atoms. The zero-order valence-electron chi connectivity index (χ0n) is 14.4. The smallest absolute Gasteiger partial charge is 0.285 e. The molecule has 0 radical (unpaired) electrons. The molecule has 1 aliphatic heterocycles. The number of ether oxygens (including phenoxy) is 1. The Hall–Kier alpha value is -3.24. The molecule has 0 aliphatic carbocycles. The van der Waals surface area contributed by atoms with Gasteiger partial charge in [0.05, 0.1) is 16.9 Å². The molecule has 0 aromatic heterocycles. The second-order valence-electron chi connectivity index (χ2n) is 5.54. The summed E-state index contributed by atoms with van der Waals surface area (Å²) in [5, 5.41) is 11.7. The molecule has 1 aliphatic rings. The molecular formula is C18H13N3O5S2. The van der Waals surface area contributed by atoms with Gasteiger partial charge in [0.25, 0.3) is 17.5 Å². The van der Waals surface area contributed by atoms with Crippen LogP contribution in [0.25, 0.3) is 6.08 Å². The van der Waals surface area contributed by atoms with Crippen LogP contribution < -0.4 is 10.2 Å². The SMILES string of the molecule is COc1ccc(C(=O)NN2C(=O)C(=Cc3ccc([N+](=O)[O-])cc3)SC2=S)cc1. The lowest BCUT2D eigenvalue weighted by molar-refractivity contribution is -0.384. The number of nitro benzene ring substituents is 1. The van der Waals surface area contributed by atoms with Gasteiger partial charge in [-0.1, -0.05) is 11.8 Å². The van der Waals surface area contributed by atoms with E-state index in [1.54, 1.807) is 30.3 Å². The van der Waals surface area contributed by atoms with Crippen molar-refractivity contribution in [2.24, 2.45) is 0 Å². The van der Waals surface area contributed by atoms with Gasteiger partial charge < -0.3 is 4.74 Å². The first-order valence-corrected chi connectivity index (χ1v) is 9.09. The van der Waals surface area contributed by atoms with E-state index in [0.717, 1.165) is 16.8 Å². The van der Waals surface area contributed by atoms with E-state index in [-0.39, 0.29) is 10.0 Å². The van der Waals surface area contributed by atoms with E-state index in [1.807, 2.05) is 0 Å². The fraction of sp³-hybridized carbons (Fsp3) is 0.0556. The third-order valence-electron chi connectivity index (χ3n) is 3.76. The lowest BCUT2D eigenvalue weighted by Crippen LogP contribution is -2.44. The molecule has 3 rings (SSSR count). The molecule has 1 saturated heterocycles. The quantitative estimate of drug-likeness (QED) is 0.346. The number of hydrogen-bond donors (Lipinski definition) is 1. The Morgan fingerprint density at radius 1 is 1.21 bits per heavy atom. The van der Waals surface area contributed by atoms with Crippen LogP contribution in [0.5, 0.6) is 5.75 Å². The number of thioether (sulfide) groups is 1. The Bertz CT molecular complexity index is 987. The number of amides is 2. The van der Waals surface area contributed by atoms with Crippen molar-refractivity contribution in [3.8, 4) is 5.75 Å². The van der Waals surface area contributed by atoms with Crippen molar-refractivity contribution in [1.82, 2.24) is 10.4 Å². The summed E-state index contributed by atoms with van der Waals surface area (Å²) in [6.45, 7) is 0. The van der Waals surface area contributed by atoms with Gasteiger partial charge in [-0.15, -0.1) is 0 Å². The van der Waals surface area contributed by atoms with Gasteiger partial charge in [-0.2, -0.15) is 5.01 Å². The summed E-state index contributed by atoms with van der Waals surface area (Å²) in [5.74, 6) is -0.362. The van der Waals surface area contributed by atoms with Crippen LogP contribution in [-0.2, 0) is 4.79 Å². The number of methoxy groups -OCH3 is 1. The van der Waals surface area contributed by atoms with Crippen LogP contribution in [-0.4, -0.2) is 33.2 Å². The highest BCUT2D eigenvalue weighted by Crippen LogP contribution is 2.31. The van der Waals surface area contributed by atoms with Crippen molar-refractivity contribution >= 4 is 51.9 Å². The van der Waals surface area contributed by atoms with Gasteiger partial charge in [0, 0.05) is 17.7 Å². The van der Waals surface area contributed by atoms with Gasteiger partial charge in [0.1, 0.15) is 5.75 Å². The first-order chi connectivity index (χ1) is 13.4. The molecule has 2 aromatic carbocycles. The maximum absolute atomic E-state index is 12.6. The van der Waals surface area contributed by atoms with E-state index in [9.17, 15) is 19.7 Å². The first kappa shape index (κ1) is 19.5. The Labute approximate surface area is 169 Å². The van der Waals surface area contributed by atoms with Crippen LogP contribution in [0.4, 0.5) is 5.69 Å². The first-order valence-electron chi connectivity index (χ1n) is 7.86. The molecule has 0 spiro atoms. The van der Waals surface area contributed by atoms with Crippen molar-refractivity contribution in [2.75, 3.05) is 7.11 Å². The van der Waals surface area contributed by atoms with Crippen molar-refractivity contribution in [3.05, 3.63) is 74.7 Å². The monoisotopic (exact) mass is 415 g/mol. The predicted octanol–water partition coefficient (Wildman–Crippen LogP) is 3.15. The number of hydrogen-bond acceptors (Lipinski definition) is 7. The van der Waals surface area contributed by atoms with Crippen molar-refractivity contribution in [1.29, 1.82) is 0 Å². The van der Waals surface area contributed by atoms with Crippen LogP contribution in [0.3, 0.4) is 0 Å². The highest BCUT2D eigenvalue weighted by Gasteiger charge is 2.33. The van der Waals surface area contributed by atoms with Crippen molar-refractivity contribution < 1.29 is 19.2 Å². The summed E-state index contributed by atoms with van der Waals surface area (Å²) in [6.07, 6.45) is 1.56. The molecule has 28 heavy (non-hydrogen) atoms. The number of nitrogens with zero attached hydrogens (tertiary/aromatic N) is 2. The maximum atomic E-state index is 12.6. The normalized spacial score (nSPS) is 15.0. The predicted molar refractivity (Wildman–Crippen MR) is 109 cm³/mol. The molecule has 2 amide bonds. The van der Waals surface area contributed by atoms with E-state index in [0.29, 0.717) is 21.8 Å². The van der Waals surface area contributed by atoms with Crippen LogP contribution >= 0.6 is 24.0 Å². The fourth-order valence-electron chi connectivity index (χ4n) is 2.32. The number of rotatable bonds is 5. The molecule has 8 nitrogen and oxygen atoms in total. The number of nitro groups is 1. The lowest BCUT2D eigenvalue weighted by atomic mass is 10.2. The Morgan fingerprint density at radius 2 is 1.86 bits per heavy atom. The van der Waals surface area contributed by atoms with Gasteiger partial charge in [-0.3, -0.25) is 25.1 Å². The van der Waals surface area contributed by atoms with Crippen LogP contribution in [0, 0.1) is 10.1 Å². The minimum absolute atomic E-state index is 0.0450. The highest BCUT2D eigenvalue weighted by atomic mass is 32.2. The van der Waals surface area contributed by atoms with E-state index in [4.69, 9.17) is 17.0 Å². The summed E-state index contributed by atoms with van der Waals surface area (Å²) in [5.41, 5.74) is 3.38. The number of carbonyl (C=O) groups excluding carboxylic acids is 2. The molecule has 1 N–H and O–H groups in total. The van der Waals surface area contributed by atoms with Gasteiger partial charge in [0.2, 0.25) is 0 Å². The number of thiocarbonyl (C=S) groups is 1. The molecular weight excluding hydrogens is 402 g/mol. The fourth-order valence-corrected chi connectivity index (χ4v) is 3.50. The minimum Gasteiger partial charge on any atom is -0.497 e. The van der Waals surface area contributed by atoms with Crippen LogP contribution in [0.15, 0.2) is 53.4 Å². The van der Waals surface area contributed by atoms with Crippen molar-refractivity contribution in [3.63, 3.8) is 0 Å². The van der Waals surface area contributed by atoms with Gasteiger partial charge in [0.15, 0.2) is 4.32 Å². The molecule has 0 unspecified atom stereocenters. The molecule has 142 valence electrons. The van der Waals surface area contributed by atoms with Crippen molar-refractivity contribution in [2.45, 2.75) is 0 Å². The standard InChI is InChI=1S/C18H13N3O5S2/c1-26-14-8-4-12(5-9-14)16(22)19-20-17(23)15(28-18(20)27)10-11-2-6-13(7-3-11)21(24)25/h2-10H,1H3,(H,19,22). The zero-order chi connectivity index (χ0) is 20.3. The molecule has 2 aromatic rings. The molecule has 0 saturated carbocycles. The highest BCUT2D eigenvalue weighted by molar-refractivity contribution is 8.26.